The van der Waals surface area contributed by atoms with E-state index < -0.39 is 18.8 Å². The first-order chi connectivity index (χ1) is 14.4. The normalized spacial score (nSPS) is 13.3. The number of benzene rings is 2. The molecule has 0 unspecified atom stereocenters. The Morgan fingerprint density at radius 3 is 2.35 bits per heavy atom. The van der Waals surface area contributed by atoms with Crippen LogP contribution in [0.4, 0.5) is 26.3 Å². The van der Waals surface area contributed by atoms with Gasteiger partial charge in [-0.3, -0.25) is 0 Å². The topological polar surface area (TPSA) is 41.9 Å². The summed E-state index contributed by atoms with van der Waals surface area (Å²) in [5.41, 5.74) is 1.39. The summed E-state index contributed by atoms with van der Waals surface area (Å²) >= 11 is 0. The maximum Gasteiger partial charge on any atom is 0.573 e. The average Bonchev–Trinajstić information content (AvgIpc) is 2.67. The second-order valence-electron chi connectivity index (χ2n) is 6.95. The van der Waals surface area contributed by atoms with E-state index in [0.717, 1.165) is 12.6 Å². The van der Waals surface area contributed by atoms with Crippen LogP contribution in [0.2, 0.25) is 0 Å². The van der Waals surface area contributed by atoms with E-state index >= 15 is 0 Å². The van der Waals surface area contributed by atoms with Crippen molar-refractivity contribution in [3.63, 3.8) is 0 Å². The third kappa shape index (κ3) is 9.06. The van der Waals surface area contributed by atoms with Crippen LogP contribution in [0, 0.1) is 0 Å². The summed E-state index contributed by atoms with van der Waals surface area (Å²) in [7, 11) is 0.900. The molecular formula is C21H23F6NO3. The van der Waals surface area contributed by atoms with Crippen LogP contribution in [0.5, 0.6) is 11.5 Å². The summed E-state index contributed by atoms with van der Waals surface area (Å²) in [6.45, 7) is -0.552. The summed E-state index contributed by atoms with van der Waals surface area (Å²) < 4.78 is 84.0. The molecule has 4 nitrogen and oxygen atoms in total. The number of aliphatic hydroxyl groups excluding tert-OH is 1. The van der Waals surface area contributed by atoms with Crippen molar-refractivity contribution in [3.8, 4) is 11.5 Å². The quantitative estimate of drug-likeness (QED) is 0.410. The number of aliphatic hydroxyl groups is 1. The molecular weight excluding hydrogens is 428 g/mol. The third-order valence-electron chi connectivity index (χ3n) is 4.45. The van der Waals surface area contributed by atoms with E-state index in [1.54, 1.807) is 30.3 Å². The van der Waals surface area contributed by atoms with Gasteiger partial charge in [0.15, 0.2) is 0 Å². The standard InChI is InChI=1S/C21H23F6NO3/c1-28(20(22,23)24)12-11-17(29)14-30-19-8-3-2-6-16(19)10-9-15-5-4-7-18(13-15)31-21(25,26)27/h2-8,13,17,29H,9-12,14H2,1H3/t17-/m0/s1. The number of hydrogen-bond donors (Lipinski definition) is 1. The number of alkyl halides is 6. The lowest BCUT2D eigenvalue weighted by Gasteiger charge is -2.21. The molecule has 1 N–H and O–H groups in total. The van der Waals surface area contributed by atoms with Gasteiger partial charge in [-0.2, -0.15) is 13.2 Å². The average molecular weight is 451 g/mol. The summed E-state index contributed by atoms with van der Waals surface area (Å²) in [5.74, 6) is 0.148. The summed E-state index contributed by atoms with van der Waals surface area (Å²) in [4.78, 5) is 0.181. The van der Waals surface area contributed by atoms with Crippen molar-refractivity contribution in [1.82, 2.24) is 4.90 Å². The first kappa shape index (κ1) is 24.8. The van der Waals surface area contributed by atoms with Gasteiger partial charge in [-0.05, 0) is 55.6 Å². The number of para-hydroxylation sites is 1. The lowest BCUT2D eigenvalue weighted by molar-refractivity contribution is -0.274. The van der Waals surface area contributed by atoms with Crippen LogP contribution in [-0.2, 0) is 12.8 Å². The van der Waals surface area contributed by atoms with Crippen molar-refractivity contribution < 1.29 is 40.9 Å². The fourth-order valence-electron chi connectivity index (χ4n) is 2.77. The molecule has 0 fully saturated rings. The summed E-state index contributed by atoms with van der Waals surface area (Å²) in [5, 5.41) is 9.92. The van der Waals surface area contributed by atoms with Crippen molar-refractivity contribution in [2.75, 3.05) is 20.2 Å². The molecule has 2 rings (SSSR count). The van der Waals surface area contributed by atoms with E-state index in [1.807, 2.05) is 0 Å². The lowest BCUT2D eigenvalue weighted by atomic mass is 10.0. The third-order valence-corrected chi connectivity index (χ3v) is 4.45. The number of rotatable bonds is 10. The van der Waals surface area contributed by atoms with Crippen molar-refractivity contribution in [1.29, 1.82) is 0 Å². The Morgan fingerprint density at radius 2 is 1.68 bits per heavy atom. The molecule has 0 radical (unpaired) electrons. The van der Waals surface area contributed by atoms with E-state index in [1.165, 1.54) is 18.2 Å². The molecule has 0 amide bonds. The second kappa shape index (κ2) is 10.7. The van der Waals surface area contributed by atoms with Crippen LogP contribution in [0.25, 0.3) is 0 Å². The maximum absolute atomic E-state index is 12.5. The molecule has 2 aromatic rings. The van der Waals surface area contributed by atoms with Crippen LogP contribution < -0.4 is 9.47 Å². The minimum atomic E-state index is -4.77. The van der Waals surface area contributed by atoms with Gasteiger partial charge in [0.25, 0.3) is 0 Å². The molecule has 10 heteroatoms. The first-order valence-corrected chi connectivity index (χ1v) is 9.45. The highest BCUT2D eigenvalue weighted by Crippen LogP contribution is 2.25. The van der Waals surface area contributed by atoms with E-state index in [9.17, 15) is 31.4 Å². The fourth-order valence-corrected chi connectivity index (χ4v) is 2.77. The molecule has 0 saturated heterocycles. The number of nitrogens with zero attached hydrogens (tertiary/aromatic N) is 1. The molecule has 0 saturated carbocycles. The van der Waals surface area contributed by atoms with Crippen molar-refractivity contribution in [2.45, 2.75) is 38.0 Å². The molecule has 1 atom stereocenters. The molecule has 31 heavy (non-hydrogen) atoms. The van der Waals surface area contributed by atoms with Crippen LogP contribution in [0.1, 0.15) is 17.5 Å². The van der Waals surface area contributed by atoms with Crippen LogP contribution in [0.15, 0.2) is 48.5 Å². The Kier molecular flexibility index (Phi) is 8.58. The SMILES string of the molecule is CN(CC[C@H](O)COc1ccccc1CCc1cccc(OC(F)(F)F)c1)C(F)(F)F. The Labute approximate surface area is 176 Å². The smallest absolute Gasteiger partial charge is 0.491 e. The van der Waals surface area contributed by atoms with E-state index in [-0.39, 0.29) is 30.2 Å². The number of hydrogen-bond acceptors (Lipinski definition) is 4. The van der Waals surface area contributed by atoms with Crippen molar-refractivity contribution in [2.24, 2.45) is 0 Å². The van der Waals surface area contributed by atoms with Gasteiger partial charge >= 0.3 is 12.7 Å². The van der Waals surface area contributed by atoms with Gasteiger partial charge in [0, 0.05) is 6.54 Å². The van der Waals surface area contributed by atoms with Gasteiger partial charge in [0.05, 0.1) is 6.10 Å². The zero-order chi connectivity index (χ0) is 23.1. The second-order valence-corrected chi connectivity index (χ2v) is 6.95. The summed E-state index contributed by atoms with van der Waals surface area (Å²) in [6.07, 6.45) is -9.59. The molecule has 0 aliphatic heterocycles. The molecule has 0 aliphatic carbocycles. The van der Waals surface area contributed by atoms with Gasteiger partial charge in [0.2, 0.25) is 0 Å². The monoisotopic (exact) mass is 451 g/mol. The predicted octanol–water partition coefficient (Wildman–Crippen LogP) is 4.95. The maximum atomic E-state index is 12.5. The van der Waals surface area contributed by atoms with E-state index in [2.05, 4.69) is 4.74 Å². The molecule has 2 aromatic carbocycles. The Balaban J connectivity index is 1.90. The van der Waals surface area contributed by atoms with Crippen LogP contribution in [-0.4, -0.2) is 49.0 Å². The Morgan fingerprint density at radius 1 is 0.968 bits per heavy atom. The molecule has 0 bridgehead atoms. The Bertz CT molecular complexity index is 825. The number of aryl methyl sites for hydroxylation is 2. The molecule has 0 aliphatic rings. The van der Waals surface area contributed by atoms with E-state index in [0.29, 0.717) is 24.2 Å². The van der Waals surface area contributed by atoms with E-state index in [4.69, 9.17) is 4.74 Å². The minimum Gasteiger partial charge on any atom is -0.491 e. The zero-order valence-electron chi connectivity index (χ0n) is 16.7. The van der Waals surface area contributed by atoms with Gasteiger partial charge < -0.3 is 14.6 Å². The number of halogens is 6. The highest BCUT2D eigenvalue weighted by molar-refractivity contribution is 5.35. The molecule has 0 aromatic heterocycles. The van der Waals surface area contributed by atoms with Gasteiger partial charge in [-0.25, -0.2) is 4.90 Å². The fraction of sp³-hybridized carbons (Fsp3) is 0.429. The zero-order valence-corrected chi connectivity index (χ0v) is 16.7. The number of ether oxygens (including phenoxy) is 2. The highest BCUT2D eigenvalue weighted by Gasteiger charge is 2.33. The highest BCUT2D eigenvalue weighted by atomic mass is 19.4. The largest absolute Gasteiger partial charge is 0.573 e. The van der Waals surface area contributed by atoms with Crippen LogP contribution >= 0.6 is 0 Å². The van der Waals surface area contributed by atoms with Gasteiger partial charge in [-0.15, -0.1) is 13.2 Å². The first-order valence-electron chi connectivity index (χ1n) is 9.45. The van der Waals surface area contributed by atoms with Crippen molar-refractivity contribution >= 4 is 0 Å². The molecule has 172 valence electrons. The van der Waals surface area contributed by atoms with Gasteiger partial charge in [-0.1, -0.05) is 30.3 Å². The predicted molar refractivity (Wildman–Crippen MR) is 102 cm³/mol. The summed E-state index contributed by atoms with van der Waals surface area (Å²) in [6, 6.07) is 12.6. The van der Waals surface area contributed by atoms with Crippen LogP contribution in [0.3, 0.4) is 0 Å². The molecule has 0 spiro atoms. The van der Waals surface area contributed by atoms with Crippen molar-refractivity contribution in [3.05, 3.63) is 59.7 Å². The Hall–Kier alpha value is -2.46. The van der Waals surface area contributed by atoms with Gasteiger partial charge in [0.1, 0.15) is 18.1 Å². The molecule has 0 heterocycles. The minimum absolute atomic E-state index is 0.121. The lowest BCUT2D eigenvalue weighted by Crippen LogP contribution is -2.37.